The molecule has 0 aromatic rings. The average molecular weight is 250 g/mol. The number of hydrogen-bond acceptors (Lipinski definition) is 3. The van der Waals surface area contributed by atoms with E-state index < -0.39 is 0 Å². The first kappa shape index (κ1) is 16.4. The van der Waals surface area contributed by atoms with Crippen LogP contribution in [0.2, 0.25) is 0 Å². The normalized spacial score (nSPS) is 14.6. The quantitative estimate of drug-likeness (QED) is 0.397. The second-order valence-electron chi connectivity index (χ2n) is 6.02. The number of allylic oxidation sites excluding steroid dienone is 2. The maximum atomic E-state index is 7.43. The van der Waals surface area contributed by atoms with Gasteiger partial charge in [0, 0.05) is 18.3 Å². The van der Waals surface area contributed by atoms with Gasteiger partial charge in [-0.05, 0) is 29.2 Å². The smallest absolute Gasteiger partial charge is 0.124 e. The lowest BCUT2D eigenvalue weighted by atomic mass is 9.69. The van der Waals surface area contributed by atoms with E-state index in [-0.39, 0.29) is 16.7 Å². The monoisotopic (exact) mass is 250 g/mol. The van der Waals surface area contributed by atoms with Crippen molar-refractivity contribution in [2.45, 2.75) is 34.6 Å². The first-order chi connectivity index (χ1) is 8.12. The van der Waals surface area contributed by atoms with Crippen molar-refractivity contribution in [2.24, 2.45) is 27.3 Å². The van der Waals surface area contributed by atoms with Crippen LogP contribution < -0.4 is 11.5 Å². The summed E-state index contributed by atoms with van der Waals surface area (Å²) in [5, 5.41) is 7.43. The molecule has 0 fully saturated rings. The number of nitrogens with zero attached hydrogens (tertiary/aromatic N) is 1. The molecule has 0 aliphatic rings. The van der Waals surface area contributed by atoms with E-state index in [1.54, 1.807) is 18.4 Å². The van der Waals surface area contributed by atoms with E-state index >= 15 is 0 Å². The topological polar surface area (TPSA) is 88.2 Å². The molecule has 0 heterocycles. The van der Waals surface area contributed by atoms with Gasteiger partial charge in [-0.2, -0.15) is 0 Å². The zero-order chi connectivity index (χ0) is 14.4. The molecule has 0 atom stereocenters. The number of aliphatic imine (C=N–C) groups is 1. The molecular formula is C14H26N4. The van der Waals surface area contributed by atoms with E-state index in [1.165, 1.54) is 6.20 Å². The molecule has 0 saturated carbocycles. The lowest BCUT2D eigenvalue weighted by Crippen LogP contribution is -2.32. The van der Waals surface area contributed by atoms with Crippen LogP contribution in [0.3, 0.4) is 0 Å². The average Bonchev–Trinajstić information content (AvgIpc) is 2.20. The van der Waals surface area contributed by atoms with Crippen LogP contribution in [0.5, 0.6) is 0 Å². The summed E-state index contributed by atoms with van der Waals surface area (Å²) < 4.78 is 0. The molecular weight excluding hydrogens is 224 g/mol. The number of amidine groups is 1. The summed E-state index contributed by atoms with van der Waals surface area (Å²) in [7, 11) is 0. The summed E-state index contributed by atoms with van der Waals surface area (Å²) in [6.45, 7) is 11.6. The van der Waals surface area contributed by atoms with Crippen LogP contribution in [0.15, 0.2) is 28.9 Å². The van der Waals surface area contributed by atoms with Crippen LogP contribution in [0.25, 0.3) is 0 Å². The SMILES string of the molecule is CC(C)(C)C(C)(C)C\N=C/C(=C\C=C\N)C(=N)N. The van der Waals surface area contributed by atoms with Crippen molar-refractivity contribution in [3.05, 3.63) is 23.9 Å². The molecule has 102 valence electrons. The highest BCUT2D eigenvalue weighted by Gasteiger charge is 2.32. The summed E-state index contributed by atoms with van der Waals surface area (Å²) in [6, 6.07) is 0. The lowest BCUT2D eigenvalue weighted by Gasteiger charge is -2.37. The molecule has 0 aromatic heterocycles. The van der Waals surface area contributed by atoms with Crippen molar-refractivity contribution in [3.63, 3.8) is 0 Å². The molecule has 0 spiro atoms. The van der Waals surface area contributed by atoms with Crippen molar-refractivity contribution in [3.8, 4) is 0 Å². The molecule has 0 bridgehead atoms. The molecule has 0 unspecified atom stereocenters. The molecule has 0 aromatic carbocycles. The fraction of sp³-hybridized carbons (Fsp3) is 0.571. The zero-order valence-corrected chi connectivity index (χ0v) is 12.1. The van der Waals surface area contributed by atoms with E-state index in [0.29, 0.717) is 12.1 Å². The van der Waals surface area contributed by atoms with Gasteiger partial charge < -0.3 is 11.5 Å². The Bertz CT molecular complexity index is 368. The minimum absolute atomic E-state index is 0.00888. The maximum absolute atomic E-state index is 7.43. The molecule has 4 nitrogen and oxygen atoms in total. The van der Waals surface area contributed by atoms with Gasteiger partial charge in [0.25, 0.3) is 0 Å². The first-order valence-electron chi connectivity index (χ1n) is 6.04. The maximum Gasteiger partial charge on any atom is 0.124 e. The van der Waals surface area contributed by atoms with Gasteiger partial charge in [0.15, 0.2) is 0 Å². The molecule has 0 saturated heterocycles. The zero-order valence-electron chi connectivity index (χ0n) is 12.1. The van der Waals surface area contributed by atoms with E-state index in [1.807, 2.05) is 0 Å². The molecule has 18 heavy (non-hydrogen) atoms. The Kier molecular flexibility index (Phi) is 5.82. The van der Waals surface area contributed by atoms with Gasteiger partial charge in [0.2, 0.25) is 0 Å². The Morgan fingerprint density at radius 2 is 1.78 bits per heavy atom. The summed E-state index contributed by atoms with van der Waals surface area (Å²) in [4.78, 5) is 4.40. The van der Waals surface area contributed by atoms with Gasteiger partial charge in [-0.1, -0.05) is 34.6 Å². The summed E-state index contributed by atoms with van der Waals surface area (Å²) >= 11 is 0. The van der Waals surface area contributed by atoms with Crippen LogP contribution in [-0.2, 0) is 0 Å². The Morgan fingerprint density at radius 3 is 2.17 bits per heavy atom. The van der Waals surface area contributed by atoms with E-state index in [4.69, 9.17) is 16.9 Å². The van der Waals surface area contributed by atoms with Crippen molar-refractivity contribution in [1.82, 2.24) is 0 Å². The molecule has 0 rings (SSSR count). The first-order valence-corrected chi connectivity index (χ1v) is 6.04. The third-order valence-corrected chi connectivity index (χ3v) is 3.45. The summed E-state index contributed by atoms with van der Waals surface area (Å²) in [5.74, 6) is -0.00888. The molecule has 5 N–H and O–H groups in total. The third kappa shape index (κ3) is 5.17. The van der Waals surface area contributed by atoms with Crippen LogP contribution >= 0.6 is 0 Å². The second-order valence-corrected chi connectivity index (χ2v) is 6.02. The second kappa shape index (κ2) is 6.38. The summed E-state index contributed by atoms with van der Waals surface area (Å²) in [5.41, 5.74) is 11.5. The van der Waals surface area contributed by atoms with Gasteiger partial charge in [-0.15, -0.1) is 0 Å². The predicted octanol–water partition coefficient (Wildman–Crippen LogP) is 2.46. The largest absolute Gasteiger partial charge is 0.405 e. The van der Waals surface area contributed by atoms with Crippen LogP contribution in [0.4, 0.5) is 0 Å². The fourth-order valence-corrected chi connectivity index (χ4v) is 0.971. The number of hydrogen-bond donors (Lipinski definition) is 3. The summed E-state index contributed by atoms with van der Waals surface area (Å²) in [6.07, 6.45) is 6.35. The van der Waals surface area contributed by atoms with Crippen molar-refractivity contribution >= 4 is 12.1 Å². The van der Waals surface area contributed by atoms with Crippen molar-refractivity contribution in [1.29, 1.82) is 5.41 Å². The van der Waals surface area contributed by atoms with Gasteiger partial charge >= 0.3 is 0 Å². The molecule has 0 aliphatic heterocycles. The Hall–Kier alpha value is -1.58. The van der Waals surface area contributed by atoms with Crippen LogP contribution in [0, 0.1) is 16.2 Å². The molecule has 0 radical (unpaired) electrons. The van der Waals surface area contributed by atoms with Crippen LogP contribution in [0.1, 0.15) is 34.6 Å². The fourth-order valence-electron chi connectivity index (χ4n) is 0.971. The molecule has 4 heteroatoms. The van der Waals surface area contributed by atoms with Crippen molar-refractivity contribution in [2.75, 3.05) is 6.54 Å². The Morgan fingerprint density at radius 1 is 1.22 bits per heavy atom. The number of nitrogens with one attached hydrogen (secondary N) is 1. The minimum Gasteiger partial charge on any atom is -0.405 e. The van der Waals surface area contributed by atoms with Gasteiger partial charge in [0.1, 0.15) is 5.84 Å². The molecule has 0 amide bonds. The third-order valence-electron chi connectivity index (χ3n) is 3.45. The van der Waals surface area contributed by atoms with Gasteiger partial charge in [0.05, 0.1) is 0 Å². The highest BCUT2D eigenvalue weighted by atomic mass is 14.8. The lowest BCUT2D eigenvalue weighted by molar-refractivity contribution is 0.143. The standard InChI is InChI=1S/C14H26N4/c1-13(2,3)14(4,5)10-18-9-11(12(16)17)7-6-8-15/h6-9H,10,15H2,1-5H3,(H3,16,17)/b8-6+,11-7+,18-9-. The van der Waals surface area contributed by atoms with E-state index in [9.17, 15) is 0 Å². The van der Waals surface area contributed by atoms with Gasteiger partial charge in [-0.25, -0.2) is 0 Å². The van der Waals surface area contributed by atoms with Crippen LogP contribution in [-0.4, -0.2) is 18.6 Å². The van der Waals surface area contributed by atoms with E-state index in [2.05, 4.69) is 39.6 Å². The Labute approximate surface area is 110 Å². The number of rotatable bonds is 5. The molecule has 0 aliphatic carbocycles. The van der Waals surface area contributed by atoms with E-state index in [0.717, 1.165) is 0 Å². The van der Waals surface area contributed by atoms with Crippen molar-refractivity contribution < 1.29 is 0 Å². The number of nitrogens with two attached hydrogens (primary N) is 2. The van der Waals surface area contributed by atoms with Gasteiger partial charge in [-0.3, -0.25) is 10.4 Å². The highest BCUT2D eigenvalue weighted by molar-refractivity contribution is 6.13. The highest BCUT2D eigenvalue weighted by Crippen LogP contribution is 2.37. The predicted molar refractivity (Wildman–Crippen MR) is 79.9 cm³/mol. The minimum atomic E-state index is -0.00888. The Balaban J connectivity index is 4.79.